The highest BCUT2D eigenvalue weighted by atomic mass is 19.4. The molecule has 15 rings (SSSR count). The second-order valence-corrected chi connectivity index (χ2v) is 36.1. The first kappa shape index (κ1) is 104. The number of aliphatic hydroxyl groups excluding tert-OH is 3. The van der Waals surface area contributed by atoms with Gasteiger partial charge in [0, 0.05) is 156 Å². The van der Waals surface area contributed by atoms with Crippen molar-refractivity contribution in [1.82, 2.24) is 59.8 Å². The summed E-state index contributed by atoms with van der Waals surface area (Å²) in [5, 5.41) is 70.1. The predicted molar refractivity (Wildman–Crippen MR) is 438 cm³/mol. The van der Waals surface area contributed by atoms with Gasteiger partial charge in [0.1, 0.15) is 40.2 Å². The molecule has 7 aliphatic rings. The van der Waals surface area contributed by atoms with E-state index in [1.165, 1.54) is 31.1 Å². The quantitative estimate of drug-likeness (QED) is 0.0265. The molecule has 2 unspecified atom stereocenters. The van der Waals surface area contributed by atoms with Crippen molar-refractivity contribution in [3.05, 3.63) is 165 Å². The molecule has 131 heavy (non-hydrogen) atoms. The van der Waals surface area contributed by atoms with Crippen LogP contribution < -0.4 is 42.0 Å². The zero-order valence-electron chi connectivity index (χ0n) is 70.7. The fourth-order valence-corrected chi connectivity index (χ4v) is 18.8. The third-order valence-corrected chi connectivity index (χ3v) is 24.7. The molecule has 8 heterocycles. The molecular formula is C85H101F21N20O5. The Labute approximate surface area is 739 Å². The summed E-state index contributed by atoms with van der Waals surface area (Å²) in [5.41, 5.74) is -9.22. The smallest absolute Gasteiger partial charge is 0.421 e. The van der Waals surface area contributed by atoms with Crippen LogP contribution in [0.25, 0.3) is 0 Å². The molecule has 0 amide bonds. The number of aromatic nitrogens is 12. The van der Waals surface area contributed by atoms with E-state index < -0.39 is 189 Å². The maximum absolute atomic E-state index is 13.5. The third-order valence-electron chi connectivity index (χ3n) is 24.7. The van der Waals surface area contributed by atoms with Gasteiger partial charge in [-0.3, -0.25) is 15.0 Å². The van der Waals surface area contributed by atoms with Crippen LogP contribution in [0, 0.1) is 55.7 Å². The number of rotatable bonds is 23. The van der Waals surface area contributed by atoms with Crippen molar-refractivity contribution >= 4 is 41.2 Å². The van der Waals surface area contributed by atoms with Gasteiger partial charge in [-0.2, -0.15) is 112 Å². The molecule has 7 fully saturated rings. The van der Waals surface area contributed by atoms with Gasteiger partial charge < -0.3 is 62.4 Å². The van der Waals surface area contributed by atoms with E-state index >= 15 is 0 Å². The van der Waals surface area contributed by atoms with E-state index in [0.717, 1.165) is 81.3 Å². The van der Waals surface area contributed by atoms with E-state index in [-0.39, 0.29) is 86.1 Å². The van der Waals surface area contributed by atoms with Gasteiger partial charge in [-0.05, 0) is 92.9 Å². The van der Waals surface area contributed by atoms with Crippen molar-refractivity contribution in [2.75, 3.05) is 43.8 Å². The van der Waals surface area contributed by atoms with Crippen molar-refractivity contribution in [3.8, 4) is 11.9 Å². The van der Waals surface area contributed by atoms with Crippen LogP contribution in [0.5, 0.6) is 5.88 Å². The van der Waals surface area contributed by atoms with Crippen LogP contribution in [0.3, 0.4) is 0 Å². The Kier molecular flexibility index (Phi) is 30.5. The molecule has 46 heteroatoms. The van der Waals surface area contributed by atoms with Crippen molar-refractivity contribution in [2.45, 2.75) is 253 Å². The zero-order chi connectivity index (χ0) is 95.2. The summed E-state index contributed by atoms with van der Waals surface area (Å²) >= 11 is 0. The van der Waals surface area contributed by atoms with Gasteiger partial charge in [0.2, 0.25) is 29.7 Å². The molecular weight excluding hydrogens is 1780 g/mol. The summed E-state index contributed by atoms with van der Waals surface area (Å²) in [4.78, 5) is 46.3. The van der Waals surface area contributed by atoms with Crippen LogP contribution in [0.15, 0.2) is 98.5 Å². The van der Waals surface area contributed by atoms with Gasteiger partial charge in [-0.15, -0.1) is 0 Å². The number of ether oxygens (including phenoxy) is 1. The topological polar surface area (TPSA) is 353 Å². The van der Waals surface area contributed by atoms with Gasteiger partial charge in [-0.1, -0.05) is 90.2 Å². The molecule has 25 nitrogen and oxygen atoms in total. The minimum absolute atomic E-state index is 0. The van der Waals surface area contributed by atoms with Crippen molar-refractivity contribution in [2.24, 2.45) is 44.3 Å². The van der Waals surface area contributed by atoms with Crippen molar-refractivity contribution in [1.29, 1.82) is 5.26 Å². The lowest BCUT2D eigenvalue weighted by atomic mass is 9.47. The van der Waals surface area contributed by atoms with Crippen LogP contribution in [0.1, 0.15) is 202 Å². The third kappa shape index (κ3) is 24.0. The highest BCUT2D eigenvalue weighted by Gasteiger charge is 2.64. The van der Waals surface area contributed by atoms with E-state index in [4.69, 9.17) is 4.74 Å². The van der Waals surface area contributed by atoms with Gasteiger partial charge >= 0.3 is 43.2 Å². The molecule has 718 valence electrons. The number of nitrogens with one attached hydrogen (secondary N) is 7. The zero-order valence-corrected chi connectivity index (χ0v) is 70.7. The van der Waals surface area contributed by atoms with E-state index in [1.807, 2.05) is 0 Å². The molecule has 11 N–H and O–H groups in total. The Bertz CT molecular complexity index is 5110. The van der Waals surface area contributed by atoms with Gasteiger partial charge in [0.15, 0.2) is 0 Å². The second kappa shape index (κ2) is 38.4. The summed E-state index contributed by atoms with van der Waals surface area (Å²) in [6.07, 6.45) is -18.3. The number of pyridine rings is 4. The standard InChI is InChI=1S/C23H24F3N5O.C20H23F6N5O2.2C20H23F6N5O.2CH4/c24-23(25,26)18-1-2-28-10-17(18)12-30-20-29-11-16(9-27)19(31-20)8-21-4-14-3-15(5-21)7-22(32,6-14)13-21;1-18(2)13(8-14(18)32)30-15-12(20(24,25)26)10-29-17(31-15)28-9-11-4-3-6-27-16(11)33-7-5-19(21,22)23;2*1-17(2)14(18(3,4)15(17)32)30-13-12(20(24,25)26)9-29-16(31-13)28-8-10-7-27-6-5-11(10)19(21,22)23;;/h1-2,10-11,14-15,32H,3-8,12-13H2,(H,29,30,31);3-4,6,10,13-14,32H,5,7-9H2,1-2H3,(H2,28,29,30,31);2*5-7,9,14-15,32H,8H2,1-4H3,(H2,28,29,30,31);2*1H4/t;13-,14-;;;;/m.1..../s1. The first-order valence-electron chi connectivity index (χ1n) is 40.3. The van der Waals surface area contributed by atoms with Crippen LogP contribution in [-0.4, -0.2) is 135 Å². The highest BCUT2D eigenvalue weighted by molar-refractivity contribution is 5.55. The normalized spacial score (nSPS) is 23.5. The molecule has 0 saturated heterocycles. The second-order valence-electron chi connectivity index (χ2n) is 36.1. The molecule has 0 spiro atoms. The Hall–Kier alpha value is -10.8. The first-order chi connectivity index (χ1) is 59.6. The maximum atomic E-state index is 13.5. The largest absolute Gasteiger partial charge is 0.477 e. The maximum Gasteiger partial charge on any atom is 0.421 e. The van der Waals surface area contributed by atoms with E-state index in [2.05, 4.69) is 103 Å². The summed E-state index contributed by atoms with van der Waals surface area (Å²) in [5.74, 6) is -1.00. The van der Waals surface area contributed by atoms with Crippen LogP contribution in [-0.2, 0) is 69.7 Å². The first-order valence-corrected chi connectivity index (χ1v) is 40.3. The van der Waals surface area contributed by atoms with Crippen molar-refractivity contribution < 1.29 is 117 Å². The highest BCUT2D eigenvalue weighted by Crippen LogP contribution is 2.63. The Morgan fingerprint density at radius 2 is 0.786 bits per heavy atom. The summed E-state index contributed by atoms with van der Waals surface area (Å²) in [6, 6.07) is 6.26. The van der Waals surface area contributed by atoms with E-state index in [0.29, 0.717) is 53.7 Å². The Morgan fingerprint density at radius 3 is 1.13 bits per heavy atom. The number of aliphatic hydroxyl groups is 4. The lowest BCUT2D eigenvalue weighted by Crippen LogP contribution is -2.70. The number of hydrogen-bond acceptors (Lipinski definition) is 25. The monoisotopic (exact) mass is 1880 g/mol. The minimum atomic E-state index is -4.76. The van der Waals surface area contributed by atoms with Crippen LogP contribution in [0.2, 0.25) is 0 Å². The van der Waals surface area contributed by atoms with E-state index in [9.17, 15) is 118 Å². The number of nitriles is 1. The number of alkyl halides is 21. The molecule has 8 aromatic rings. The van der Waals surface area contributed by atoms with E-state index in [1.54, 1.807) is 75.3 Å². The SMILES string of the molecule is C.C.CC1(C)C(O)C(C)(C)C1Nc1nc(NCc2cnccc2C(F)(F)F)ncc1C(F)(F)F.CC1(C)C(O)C(C)(C)C1Nc1nc(NCc2cnccc2C(F)(F)F)ncc1C(F)(F)F.CC1(C)[C@H](O)C[C@H]1Nc1nc(NCc2cccnc2OCCC(F)(F)F)ncc1C(F)(F)F.N#Cc1cnc(NCc2cnccc2C(F)(F)F)nc1CC12CC3CC(CC(O)(C3)C1)C2. The number of nitrogens with zero attached hydrogens (tertiary/aromatic N) is 13. The molecule has 7 saturated carbocycles. The van der Waals surface area contributed by atoms with Crippen molar-refractivity contribution in [3.63, 3.8) is 0 Å². The molecule has 0 aliphatic heterocycles. The fourth-order valence-electron chi connectivity index (χ4n) is 18.8. The number of halogens is 21. The van der Waals surface area contributed by atoms with Gasteiger partial charge in [0.25, 0.3) is 0 Å². The van der Waals surface area contributed by atoms with Gasteiger partial charge in [0.05, 0.1) is 71.1 Å². The minimum Gasteiger partial charge on any atom is -0.477 e. The Balaban J connectivity index is 0.000000196. The molecule has 4 atom stereocenters. The fraction of sp³-hybridized carbons (Fsp3) is 0.565. The average Bonchev–Trinajstić information content (AvgIpc) is 0.715. The van der Waals surface area contributed by atoms with Crippen LogP contribution in [0.4, 0.5) is 133 Å². The molecule has 0 radical (unpaired) electrons. The Morgan fingerprint density at radius 1 is 0.427 bits per heavy atom. The molecule has 8 aromatic heterocycles. The van der Waals surface area contributed by atoms with Crippen LogP contribution >= 0.6 is 0 Å². The number of anilines is 7. The predicted octanol–water partition coefficient (Wildman–Crippen LogP) is 19.4. The number of hydrogen-bond donors (Lipinski definition) is 11. The molecule has 7 aliphatic carbocycles. The lowest BCUT2D eigenvalue weighted by Gasteiger charge is -2.62. The molecule has 0 aromatic carbocycles. The van der Waals surface area contributed by atoms with Gasteiger partial charge in [-0.25, -0.2) is 29.9 Å². The summed E-state index contributed by atoms with van der Waals surface area (Å²) in [7, 11) is 0. The summed E-state index contributed by atoms with van der Waals surface area (Å²) in [6.45, 7) is 15.6. The lowest BCUT2D eigenvalue weighted by molar-refractivity contribution is -0.163. The summed E-state index contributed by atoms with van der Waals surface area (Å²) < 4.78 is 282. The average molecular weight is 1880 g/mol. The molecule has 4 bridgehead atoms.